The average Bonchev–Trinajstić information content (AvgIpc) is 2.28. The number of anilines is 1. The van der Waals surface area contributed by atoms with Gasteiger partial charge in [0.1, 0.15) is 0 Å². The molecule has 3 atom stereocenters. The summed E-state index contributed by atoms with van der Waals surface area (Å²) in [5.74, 6) is -0.0786. The van der Waals surface area contributed by atoms with Crippen molar-refractivity contribution in [2.75, 3.05) is 5.32 Å². The molecule has 100 valence electrons. The lowest BCUT2D eigenvalue weighted by molar-refractivity contribution is -0.114. The summed E-state index contributed by atoms with van der Waals surface area (Å²) in [6, 6.07) is 7.83. The highest BCUT2D eigenvalue weighted by Gasteiger charge is 2.13. The maximum Gasteiger partial charge on any atom is 0.221 e. The van der Waals surface area contributed by atoms with Gasteiger partial charge < -0.3 is 15.7 Å². The second-order valence-corrected chi connectivity index (χ2v) is 4.72. The van der Waals surface area contributed by atoms with E-state index in [1.54, 1.807) is 6.92 Å². The number of amides is 1. The number of hydrogen-bond donors (Lipinski definition) is 3. The zero-order chi connectivity index (χ0) is 13.7. The molecule has 3 unspecified atom stereocenters. The number of nitrogens with one attached hydrogen (secondary N) is 2. The molecule has 0 aliphatic heterocycles. The number of hydrogen-bond acceptors (Lipinski definition) is 3. The van der Waals surface area contributed by atoms with Crippen LogP contribution in [0.1, 0.15) is 39.3 Å². The van der Waals surface area contributed by atoms with Crippen LogP contribution in [0.3, 0.4) is 0 Å². The minimum atomic E-state index is -0.397. The number of aliphatic hydroxyl groups excluding tert-OH is 1. The number of carbonyl (C=O) groups excluding carboxylic acids is 1. The summed E-state index contributed by atoms with van der Waals surface area (Å²) < 4.78 is 0. The fraction of sp³-hybridized carbons (Fsp3) is 0.500. The van der Waals surface area contributed by atoms with Crippen molar-refractivity contribution < 1.29 is 9.90 Å². The molecule has 1 rings (SSSR count). The van der Waals surface area contributed by atoms with E-state index in [-0.39, 0.29) is 18.0 Å². The molecule has 4 nitrogen and oxygen atoms in total. The van der Waals surface area contributed by atoms with E-state index in [1.165, 1.54) is 6.92 Å². The van der Waals surface area contributed by atoms with Crippen LogP contribution in [-0.2, 0) is 4.79 Å². The highest BCUT2D eigenvalue weighted by Crippen LogP contribution is 2.18. The van der Waals surface area contributed by atoms with Gasteiger partial charge in [-0.15, -0.1) is 0 Å². The van der Waals surface area contributed by atoms with E-state index in [0.29, 0.717) is 0 Å². The van der Waals surface area contributed by atoms with Crippen LogP contribution < -0.4 is 10.6 Å². The zero-order valence-corrected chi connectivity index (χ0v) is 11.4. The molecule has 0 saturated carbocycles. The highest BCUT2D eigenvalue weighted by molar-refractivity contribution is 5.88. The van der Waals surface area contributed by atoms with Crippen molar-refractivity contribution in [2.45, 2.75) is 45.9 Å². The fourth-order valence-electron chi connectivity index (χ4n) is 1.72. The fourth-order valence-corrected chi connectivity index (χ4v) is 1.72. The Kier molecular flexibility index (Phi) is 5.31. The quantitative estimate of drug-likeness (QED) is 0.749. The van der Waals surface area contributed by atoms with Crippen molar-refractivity contribution in [2.24, 2.45) is 0 Å². The van der Waals surface area contributed by atoms with Gasteiger partial charge >= 0.3 is 0 Å². The standard InChI is InChI=1S/C14H22N2O2/c1-9(11(3)17)15-10(2)13-6-5-7-14(8-13)16-12(4)18/h5-11,15,17H,1-4H3,(H,16,18). The molecule has 0 bridgehead atoms. The van der Waals surface area contributed by atoms with Crippen molar-refractivity contribution in [3.05, 3.63) is 29.8 Å². The maximum atomic E-state index is 11.0. The van der Waals surface area contributed by atoms with Gasteiger partial charge in [-0.2, -0.15) is 0 Å². The predicted molar refractivity (Wildman–Crippen MR) is 73.4 cm³/mol. The number of aliphatic hydroxyl groups is 1. The van der Waals surface area contributed by atoms with E-state index in [1.807, 2.05) is 38.1 Å². The Morgan fingerprint density at radius 3 is 2.50 bits per heavy atom. The Labute approximate surface area is 108 Å². The Balaban J connectivity index is 2.73. The third kappa shape index (κ3) is 4.47. The van der Waals surface area contributed by atoms with Gasteiger partial charge in [-0.25, -0.2) is 0 Å². The second-order valence-electron chi connectivity index (χ2n) is 4.72. The summed E-state index contributed by atoms with van der Waals surface area (Å²) in [4.78, 5) is 11.0. The van der Waals surface area contributed by atoms with Gasteiger partial charge in [0.25, 0.3) is 0 Å². The molecule has 4 heteroatoms. The number of rotatable bonds is 5. The highest BCUT2D eigenvalue weighted by atomic mass is 16.3. The smallest absolute Gasteiger partial charge is 0.221 e. The largest absolute Gasteiger partial charge is 0.392 e. The Bertz CT molecular complexity index is 405. The van der Waals surface area contributed by atoms with Gasteiger partial charge in [-0.3, -0.25) is 4.79 Å². The van der Waals surface area contributed by atoms with Crippen LogP contribution in [0.15, 0.2) is 24.3 Å². The predicted octanol–water partition coefficient (Wildman–Crippen LogP) is 2.06. The van der Waals surface area contributed by atoms with E-state index in [4.69, 9.17) is 0 Å². The van der Waals surface area contributed by atoms with Crippen LogP contribution in [-0.4, -0.2) is 23.2 Å². The molecular formula is C14H22N2O2. The molecule has 0 spiro atoms. The van der Waals surface area contributed by atoms with Gasteiger partial charge in [-0.1, -0.05) is 12.1 Å². The Morgan fingerprint density at radius 2 is 1.94 bits per heavy atom. The first kappa shape index (κ1) is 14.7. The van der Waals surface area contributed by atoms with E-state index in [2.05, 4.69) is 10.6 Å². The molecule has 1 aromatic rings. The topological polar surface area (TPSA) is 61.4 Å². The SMILES string of the molecule is CC(=O)Nc1cccc(C(C)NC(C)C(C)O)c1. The van der Waals surface area contributed by atoms with Crippen LogP contribution in [0, 0.1) is 0 Å². The van der Waals surface area contributed by atoms with Crippen LogP contribution in [0.2, 0.25) is 0 Å². The van der Waals surface area contributed by atoms with E-state index in [0.717, 1.165) is 11.3 Å². The number of benzene rings is 1. The average molecular weight is 250 g/mol. The third-order valence-electron chi connectivity index (χ3n) is 2.94. The molecule has 0 aliphatic carbocycles. The molecule has 18 heavy (non-hydrogen) atoms. The molecule has 3 N–H and O–H groups in total. The van der Waals surface area contributed by atoms with E-state index >= 15 is 0 Å². The van der Waals surface area contributed by atoms with Crippen LogP contribution >= 0.6 is 0 Å². The molecule has 1 amide bonds. The van der Waals surface area contributed by atoms with Gasteiger partial charge in [0, 0.05) is 24.7 Å². The summed E-state index contributed by atoms with van der Waals surface area (Å²) in [5, 5.41) is 15.5. The summed E-state index contributed by atoms with van der Waals surface area (Å²) >= 11 is 0. The Hall–Kier alpha value is -1.39. The Morgan fingerprint density at radius 1 is 1.28 bits per heavy atom. The van der Waals surface area contributed by atoms with Gasteiger partial charge in [-0.05, 0) is 38.5 Å². The van der Waals surface area contributed by atoms with E-state index in [9.17, 15) is 9.90 Å². The van der Waals surface area contributed by atoms with Crippen molar-refractivity contribution >= 4 is 11.6 Å². The molecule has 0 saturated heterocycles. The normalized spacial score (nSPS) is 15.8. The van der Waals surface area contributed by atoms with Crippen LogP contribution in [0.5, 0.6) is 0 Å². The maximum absolute atomic E-state index is 11.0. The number of carbonyl (C=O) groups is 1. The molecular weight excluding hydrogens is 228 g/mol. The van der Waals surface area contributed by atoms with Gasteiger partial charge in [0.2, 0.25) is 5.91 Å². The lowest BCUT2D eigenvalue weighted by Gasteiger charge is -2.22. The minimum Gasteiger partial charge on any atom is -0.392 e. The van der Waals surface area contributed by atoms with Crippen molar-refractivity contribution in [3.8, 4) is 0 Å². The molecule has 1 aromatic carbocycles. The van der Waals surface area contributed by atoms with Gasteiger partial charge in [0.15, 0.2) is 0 Å². The summed E-state index contributed by atoms with van der Waals surface area (Å²) in [5.41, 5.74) is 1.87. The van der Waals surface area contributed by atoms with Crippen molar-refractivity contribution in [1.82, 2.24) is 5.32 Å². The zero-order valence-electron chi connectivity index (χ0n) is 11.4. The first-order chi connectivity index (χ1) is 8.40. The molecule has 0 aliphatic rings. The van der Waals surface area contributed by atoms with Crippen LogP contribution in [0.4, 0.5) is 5.69 Å². The first-order valence-corrected chi connectivity index (χ1v) is 6.22. The summed E-state index contributed by atoms with van der Waals surface area (Å²) in [7, 11) is 0. The van der Waals surface area contributed by atoms with Crippen molar-refractivity contribution in [3.63, 3.8) is 0 Å². The molecule has 0 radical (unpaired) electrons. The van der Waals surface area contributed by atoms with Crippen molar-refractivity contribution in [1.29, 1.82) is 0 Å². The summed E-state index contributed by atoms with van der Waals surface area (Å²) in [6.45, 7) is 7.23. The molecule has 0 heterocycles. The van der Waals surface area contributed by atoms with Gasteiger partial charge in [0.05, 0.1) is 6.10 Å². The molecule has 0 fully saturated rings. The first-order valence-electron chi connectivity index (χ1n) is 6.22. The lowest BCUT2D eigenvalue weighted by Crippen LogP contribution is -2.37. The second kappa shape index (κ2) is 6.52. The van der Waals surface area contributed by atoms with E-state index < -0.39 is 6.10 Å². The monoisotopic (exact) mass is 250 g/mol. The summed E-state index contributed by atoms with van der Waals surface area (Å²) in [6.07, 6.45) is -0.397. The molecule has 0 aromatic heterocycles. The minimum absolute atomic E-state index is 0.0180. The lowest BCUT2D eigenvalue weighted by atomic mass is 10.1. The third-order valence-corrected chi connectivity index (χ3v) is 2.94. The van der Waals surface area contributed by atoms with Crippen LogP contribution in [0.25, 0.3) is 0 Å².